The van der Waals surface area contributed by atoms with Crippen LogP contribution in [0.5, 0.6) is 0 Å². The van der Waals surface area contributed by atoms with Gasteiger partial charge < -0.3 is 9.80 Å². The van der Waals surface area contributed by atoms with Crippen molar-refractivity contribution >= 4 is 46.3 Å². The first kappa shape index (κ1) is 40.2. The topological polar surface area (TPSA) is 6.48 Å². The number of hydrogen-bond acceptors (Lipinski definition) is 2. The Labute approximate surface area is 374 Å². The second-order valence-corrected chi connectivity index (χ2v) is 19.6. The van der Waals surface area contributed by atoms with Crippen LogP contribution < -0.4 is 9.80 Å². The number of nitrogens with zero attached hydrogens (tertiary/aromatic N) is 2. The highest BCUT2D eigenvalue weighted by molar-refractivity contribution is 5.89. The maximum atomic E-state index is 2.43. The van der Waals surface area contributed by atoms with Crippen LogP contribution in [-0.4, -0.2) is 0 Å². The largest absolute Gasteiger partial charge is 0.310 e. The zero-order valence-electron chi connectivity index (χ0n) is 37.9. The molecule has 0 fully saturated rings. The van der Waals surface area contributed by atoms with Crippen molar-refractivity contribution in [2.75, 3.05) is 9.80 Å². The molecule has 0 saturated heterocycles. The van der Waals surface area contributed by atoms with E-state index in [0.29, 0.717) is 0 Å². The van der Waals surface area contributed by atoms with Crippen molar-refractivity contribution < 1.29 is 0 Å². The van der Waals surface area contributed by atoms with Crippen LogP contribution in [0, 0.1) is 6.92 Å². The zero-order chi connectivity index (χ0) is 43.7. The van der Waals surface area contributed by atoms with Gasteiger partial charge in [-0.2, -0.15) is 0 Å². The fourth-order valence-corrected chi connectivity index (χ4v) is 10.1. The predicted octanol–water partition coefficient (Wildman–Crippen LogP) is 17.0. The van der Waals surface area contributed by atoms with Gasteiger partial charge in [-0.3, -0.25) is 0 Å². The number of rotatable bonds is 8. The lowest BCUT2D eigenvalue weighted by atomic mass is 9.81. The number of hydrogen-bond donors (Lipinski definition) is 0. The molecule has 0 radical (unpaired) electrons. The number of para-hydroxylation sites is 2. The maximum Gasteiger partial charge on any atom is 0.0465 e. The Hall–Kier alpha value is -6.90. The Bertz CT molecular complexity index is 3000. The van der Waals surface area contributed by atoms with Gasteiger partial charge in [0.25, 0.3) is 0 Å². The molecule has 0 aromatic heterocycles. The van der Waals surface area contributed by atoms with E-state index in [-0.39, 0.29) is 16.2 Å². The molecule has 2 heteroatoms. The number of aryl methyl sites for hydroxylation is 1. The summed E-state index contributed by atoms with van der Waals surface area (Å²) in [4.78, 5) is 4.77. The lowest BCUT2D eigenvalue weighted by Gasteiger charge is -2.29. The third-order valence-corrected chi connectivity index (χ3v) is 13.6. The third-order valence-electron chi connectivity index (χ3n) is 13.6. The molecule has 63 heavy (non-hydrogen) atoms. The second-order valence-electron chi connectivity index (χ2n) is 19.6. The van der Waals surface area contributed by atoms with Gasteiger partial charge in [-0.25, -0.2) is 0 Å². The zero-order valence-corrected chi connectivity index (χ0v) is 37.9. The van der Waals surface area contributed by atoms with E-state index in [1.54, 1.807) is 0 Å². The summed E-state index contributed by atoms with van der Waals surface area (Å²) in [5, 5.41) is 0. The molecule has 8 aromatic carbocycles. The predicted molar refractivity (Wildman–Crippen MR) is 270 cm³/mol. The van der Waals surface area contributed by atoms with Crippen LogP contribution in [0.3, 0.4) is 0 Å². The summed E-state index contributed by atoms with van der Waals surface area (Å²) in [6.07, 6.45) is 4.58. The fourth-order valence-electron chi connectivity index (χ4n) is 10.1. The van der Waals surface area contributed by atoms with Gasteiger partial charge >= 0.3 is 0 Å². The van der Waals surface area contributed by atoms with Crippen LogP contribution in [0.4, 0.5) is 34.1 Å². The number of anilines is 6. The van der Waals surface area contributed by atoms with Crippen molar-refractivity contribution in [2.24, 2.45) is 0 Å². The number of benzene rings is 8. The molecule has 0 unspecified atom stereocenters. The minimum atomic E-state index is -0.169. The van der Waals surface area contributed by atoms with E-state index in [4.69, 9.17) is 0 Å². The Morgan fingerprint density at radius 2 is 0.730 bits per heavy atom. The van der Waals surface area contributed by atoms with Crippen LogP contribution in [-0.2, 0) is 16.2 Å². The van der Waals surface area contributed by atoms with Crippen molar-refractivity contribution in [1.82, 2.24) is 0 Å². The third kappa shape index (κ3) is 7.08. The standard InChI is InChI=1S/C61H56N2/c1-41-16-15-21-48(36-41)63(47-28-26-44(27-29-47)59(2,3)4)50-31-35-54-52-33-25-43(38-56(52)61(7,8)58(54)40-50)23-22-42-24-32-51-53-34-30-49(39-57(53)60(5,6)55(51)37-42)62(45-17-11-9-12-18-45)46-19-13-10-14-20-46/h9-40H,1-8H3. The lowest BCUT2D eigenvalue weighted by Crippen LogP contribution is -2.17. The minimum absolute atomic E-state index is 0.0924. The highest BCUT2D eigenvalue weighted by atomic mass is 15.1. The Morgan fingerprint density at radius 1 is 0.365 bits per heavy atom. The van der Waals surface area contributed by atoms with Gasteiger partial charge in [-0.1, -0.05) is 170 Å². The molecule has 0 saturated carbocycles. The van der Waals surface area contributed by atoms with Gasteiger partial charge in [0.15, 0.2) is 0 Å². The van der Waals surface area contributed by atoms with E-state index >= 15 is 0 Å². The lowest BCUT2D eigenvalue weighted by molar-refractivity contribution is 0.590. The average Bonchev–Trinajstić information content (AvgIpc) is 3.64. The van der Waals surface area contributed by atoms with E-state index in [1.807, 2.05) is 0 Å². The molecule has 0 aliphatic heterocycles. The van der Waals surface area contributed by atoms with Crippen molar-refractivity contribution in [3.05, 3.63) is 226 Å². The second kappa shape index (κ2) is 15.2. The molecular formula is C61H56N2. The molecule has 8 aromatic rings. The van der Waals surface area contributed by atoms with E-state index in [9.17, 15) is 0 Å². The van der Waals surface area contributed by atoms with E-state index < -0.39 is 0 Å². The molecule has 0 heterocycles. The Balaban J connectivity index is 0.940. The molecular weight excluding hydrogens is 761 g/mol. The SMILES string of the molecule is Cc1cccc(N(c2ccc(C(C)(C)C)cc2)c2ccc3c(c2)C(C)(C)c2cc(C=Cc4ccc5c(c4)C(C)(C)c4cc(N(c6ccccc6)c6ccccc6)ccc4-5)ccc2-3)c1. The number of fused-ring (bicyclic) bond motifs is 6. The van der Waals surface area contributed by atoms with Gasteiger partial charge in [0.1, 0.15) is 0 Å². The summed E-state index contributed by atoms with van der Waals surface area (Å²) < 4.78 is 0. The van der Waals surface area contributed by atoms with E-state index in [2.05, 4.69) is 259 Å². The summed E-state index contributed by atoms with van der Waals surface area (Å²) in [5.74, 6) is 0. The van der Waals surface area contributed by atoms with Crippen molar-refractivity contribution in [3.63, 3.8) is 0 Å². The summed E-state index contributed by atoms with van der Waals surface area (Å²) in [6.45, 7) is 18.5. The van der Waals surface area contributed by atoms with Gasteiger partial charge in [0, 0.05) is 45.0 Å². The van der Waals surface area contributed by atoms with Crippen LogP contribution in [0.25, 0.3) is 34.4 Å². The summed E-state index contributed by atoms with van der Waals surface area (Å²) in [7, 11) is 0. The fraction of sp³-hybridized carbons (Fsp3) is 0.180. The van der Waals surface area contributed by atoms with E-state index in [0.717, 1.165) is 17.1 Å². The molecule has 2 aliphatic rings. The molecule has 10 rings (SSSR count). The highest BCUT2D eigenvalue weighted by Crippen LogP contribution is 2.53. The Kier molecular flexibility index (Phi) is 9.68. The highest BCUT2D eigenvalue weighted by Gasteiger charge is 2.38. The first-order valence-electron chi connectivity index (χ1n) is 22.4. The molecule has 0 spiro atoms. The van der Waals surface area contributed by atoms with Crippen LogP contribution in [0.1, 0.15) is 93.0 Å². The first-order chi connectivity index (χ1) is 30.3. The smallest absolute Gasteiger partial charge is 0.0465 e. The van der Waals surface area contributed by atoms with Gasteiger partial charge in [0.05, 0.1) is 0 Å². The monoisotopic (exact) mass is 816 g/mol. The van der Waals surface area contributed by atoms with Crippen LogP contribution in [0.2, 0.25) is 0 Å². The van der Waals surface area contributed by atoms with E-state index in [1.165, 1.54) is 83.8 Å². The van der Waals surface area contributed by atoms with Crippen molar-refractivity contribution in [2.45, 2.75) is 71.6 Å². The van der Waals surface area contributed by atoms with Crippen molar-refractivity contribution in [3.8, 4) is 22.3 Å². The Morgan fingerprint density at radius 3 is 1.17 bits per heavy atom. The average molecular weight is 817 g/mol. The van der Waals surface area contributed by atoms with Crippen molar-refractivity contribution in [1.29, 1.82) is 0 Å². The van der Waals surface area contributed by atoms with Gasteiger partial charge in [-0.15, -0.1) is 0 Å². The maximum absolute atomic E-state index is 2.43. The van der Waals surface area contributed by atoms with Crippen LogP contribution >= 0.6 is 0 Å². The minimum Gasteiger partial charge on any atom is -0.310 e. The molecule has 0 atom stereocenters. The summed E-state index contributed by atoms with van der Waals surface area (Å²) in [5.41, 5.74) is 22.5. The molecule has 0 N–H and O–H groups in total. The summed E-state index contributed by atoms with van der Waals surface area (Å²) >= 11 is 0. The molecule has 2 nitrogen and oxygen atoms in total. The van der Waals surface area contributed by atoms with Gasteiger partial charge in [0.2, 0.25) is 0 Å². The molecule has 2 aliphatic carbocycles. The normalized spacial score (nSPS) is 14.2. The molecule has 0 amide bonds. The molecule has 310 valence electrons. The molecule has 0 bridgehead atoms. The van der Waals surface area contributed by atoms with Crippen LogP contribution in [0.15, 0.2) is 182 Å². The summed E-state index contributed by atoms with van der Waals surface area (Å²) in [6, 6.07) is 67.4. The van der Waals surface area contributed by atoms with Gasteiger partial charge in [-0.05, 0) is 152 Å². The quantitative estimate of drug-likeness (QED) is 0.141. The first-order valence-corrected chi connectivity index (χ1v) is 22.4.